The molecule has 0 bridgehead atoms. The molecule has 0 aromatic heterocycles. The molecule has 0 spiro atoms. The molecule has 4 nitrogen and oxygen atoms in total. The predicted octanol–water partition coefficient (Wildman–Crippen LogP) is 0.947. The topological polar surface area (TPSA) is 63.6 Å². The Bertz CT molecular complexity index is 174. The van der Waals surface area contributed by atoms with Crippen molar-refractivity contribution in [2.24, 2.45) is 11.8 Å². The summed E-state index contributed by atoms with van der Waals surface area (Å²) in [6.45, 7) is 3.43. The van der Waals surface area contributed by atoms with Crippen LogP contribution in [0.4, 0.5) is 0 Å². The summed E-state index contributed by atoms with van der Waals surface area (Å²) < 4.78 is 5.01. The van der Waals surface area contributed by atoms with Crippen molar-refractivity contribution in [1.29, 1.82) is 0 Å². The molecule has 0 radical (unpaired) electrons. The summed E-state index contributed by atoms with van der Waals surface area (Å²) >= 11 is 0. The summed E-state index contributed by atoms with van der Waals surface area (Å²) in [6, 6.07) is 0. The predicted molar refractivity (Wildman–Crippen MR) is 47.4 cm³/mol. The number of hydrogen-bond donors (Lipinski definition) is 1. The Labute approximate surface area is 77.9 Å². The number of aldehydes is 1. The van der Waals surface area contributed by atoms with Crippen LogP contribution in [-0.2, 0) is 14.3 Å². The number of methoxy groups -OCH3 is 1. The van der Waals surface area contributed by atoms with Crippen LogP contribution in [0.25, 0.3) is 0 Å². The summed E-state index contributed by atoms with van der Waals surface area (Å²) in [6.07, 6.45) is 0.851. The van der Waals surface area contributed by atoms with Crippen molar-refractivity contribution in [2.45, 2.75) is 26.4 Å². The van der Waals surface area contributed by atoms with E-state index in [1.165, 1.54) is 7.11 Å². The van der Waals surface area contributed by atoms with Crippen LogP contribution in [0.5, 0.6) is 0 Å². The van der Waals surface area contributed by atoms with Gasteiger partial charge in [-0.15, -0.1) is 0 Å². The Kier molecular flexibility index (Phi) is 5.30. The maximum Gasteiger partial charge on any atom is 0.309 e. The summed E-state index contributed by atoms with van der Waals surface area (Å²) in [5, 5.41) is 8.87. The third-order valence-electron chi connectivity index (χ3n) is 2.17. The second-order valence-electron chi connectivity index (χ2n) is 3.04. The number of carboxylic acid groups (broad SMARTS) is 1. The van der Waals surface area contributed by atoms with Crippen molar-refractivity contribution < 1.29 is 19.4 Å². The highest BCUT2D eigenvalue weighted by molar-refractivity contribution is 5.75. The van der Waals surface area contributed by atoms with E-state index in [0.29, 0.717) is 12.7 Å². The van der Waals surface area contributed by atoms with Gasteiger partial charge in [-0.05, 0) is 6.42 Å². The molecule has 0 aliphatic rings. The maximum absolute atomic E-state index is 10.8. The third-order valence-corrected chi connectivity index (χ3v) is 2.17. The smallest absolute Gasteiger partial charge is 0.309 e. The van der Waals surface area contributed by atoms with E-state index in [1.807, 2.05) is 6.92 Å². The van der Waals surface area contributed by atoms with Crippen LogP contribution in [0.2, 0.25) is 0 Å². The molecule has 0 aromatic rings. The van der Waals surface area contributed by atoms with Gasteiger partial charge in [0.15, 0.2) is 0 Å². The molecule has 0 saturated carbocycles. The first-order valence-corrected chi connectivity index (χ1v) is 4.29. The Hall–Kier alpha value is -0.900. The van der Waals surface area contributed by atoms with E-state index >= 15 is 0 Å². The minimum Gasteiger partial charge on any atom is -0.481 e. The van der Waals surface area contributed by atoms with Crippen LogP contribution >= 0.6 is 0 Å². The highest BCUT2D eigenvalue weighted by Gasteiger charge is 2.31. The zero-order valence-corrected chi connectivity index (χ0v) is 8.19. The van der Waals surface area contributed by atoms with Crippen molar-refractivity contribution in [3.63, 3.8) is 0 Å². The second-order valence-corrected chi connectivity index (χ2v) is 3.04. The molecule has 3 atom stereocenters. The minimum atomic E-state index is -0.978. The van der Waals surface area contributed by atoms with Gasteiger partial charge in [0.05, 0.1) is 12.0 Å². The molecule has 0 rings (SSSR count). The molecule has 13 heavy (non-hydrogen) atoms. The summed E-state index contributed by atoms with van der Waals surface area (Å²) in [7, 11) is 1.46. The minimum absolute atomic E-state index is 0.391. The highest BCUT2D eigenvalue weighted by Crippen LogP contribution is 2.19. The Morgan fingerprint density at radius 1 is 1.62 bits per heavy atom. The number of aliphatic carboxylic acids is 1. The van der Waals surface area contributed by atoms with Gasteiger partial charge in [0.1, 0.15) is 6.29 Å². The molecular weight excluding hydrogens is 172 g/mol. The van der Waals surface area contributed by atoms with Crippen molar-refractivity contribution in [1.82, 2.24) is 0 Å². The lowest BCUT2D eigenvalue weighted by Crippen LogP contribution is -2.35. The van der Waals surface area contributed by atoms with Gasteiger partial charge in [0, 0.05) is 13.0 Å². The second kappa shape index (κ2) is 5.70. The normalized spacial score (nSPS) is 17.5. The number of ether oxygens (including phenoxy) is 1. The van der Waals surface area contributed by atoms with Crippen LogP contribution in [0, 0.1) is 11.8 Å². The van der Waals surface area contributed by atoms with E-state index in [-0.39, 0.29) is 0 Å². The number of hydrogen-bond acceptors (Lipinski definition) is 3. The lowest BCUT2D eigenvalue weighted by atomic mass is 9.88. The zero-order chi connectivity index (χ0) is 10.4. The lowest BCUT2D eigenvalue weighted by Gasteiger charge is -2.23. The van der Waals surface area contributed by atoms with Gasteiger partial charge < -0.3 is 14.6 Å². The van der Waals surface area contributed by atoms with E-state index < -0.39 is 23.9 Å². The number of rotatable bonds is 6. The van der Waals surface area contributed by atoms with Crippen LogP contribution in [0.15, 0.2) is 0 Å². The highest BCUT2D eigenvalue weighted by atomic mass is 16.5. The maximum atomic E-state index is 10.8. The summed E-state index contributed by atoms with van der Waals surface area (Å²) in [4.78, 5) is 21.3. The standard InChI is InChI=1S/C9H16O4/c1-4-7(13-3)8(9(11)12)6(2)5-10/h5-8H,4H2,1-3H3,(H,11,12). The first kappa shape index (κ1) is 12.1. The fraction of sp³-hybridized carbons (Fsp3) is 0.778. The van der Waals surface area contributed by atoms with Gasteiger partial charge >= 0.3 is 5.97 Å². The Balaban J connectivity index is 4.56. The molecule has 0 heterocycles. The molecule has 0 amide bonds. The molecular formula is C9H16O4. The fourth-order valence-corrected chi connectivity index (χ4v) is 1.37. The molecule has 1 N–H and O–H groups in total. The molecule has 76 valence electrons. The Morgan fingerprint density at radius 2 is 2.15 bits per heavy atom. The summed E-state index contributed by atoms with van der Waals surface area (Å²) in [5.74, 6) is -2.23. The SMILES string of the molecule is CCC(OC)C(C(=O)O)C(C)C=O. The number of carbonyl (C=O) groups excluding carboxylic acids is 1. The molecule has 0 saturated heterocycles. The van der Waals surface area contributed by atoms with Gasteiger partial charge in [-0.2, -0.15) is 0 Å². The largest absolute Gasteiger partial charge is 0.481 e. The zero-order valence-electron chi connectivity index (χ0n) is 8.19. The lowest BCUT2D eigenvalue weighted by molar-refractivity contribution is -0.151. The van der Waals surface area contributed by atoms with Crippen molar-refractivity contribution in [2.75, 3.05) is 7.11 Å². The third kappa shape index (κ3) is 3.14. The molecule has 0 aliphatic heterocycles. The summed E-state index contributed by atoms with van der Waals surface area (Å²) in [5.41, 5.74) is 0. The number of carboxylic acids is 1. The van der Waals surface area contributed by atoms with Gasteiger partial charge in [-0.3, -0.25) is 4.79 Å². The van der Waals surface area contributed by atoms with Crippen molar-refractivity contribution in [3.8, 4) is 0 Å². The van der Waals surface area contributed by atoms with Gasteiger partial charge in [0.2, 0.25) is 0 Å². The van der Waals surface area contributed by atoms with Crippen LogP contribution in [0.1, 0.15) is 20.3 Å². The van der Waals surface area contributed by atoms with E-state index in [9.17, 15) is 9.59 Å². The Morgan fingerprint density at radius 3 is 2.38 bits per heavy atom. The van der Waals surface area contributed by atoms with E-state index in [4.69, 9.17) is 9.84 Å². The fourth-order valence-electron chi connectivity index (χ4n) is 1.37. The van der Waals surface area contributed by atoms with Crippen LogP contribution in [-0.4, -0.2) is 30.6 Å². The number of carbonyl (C=O) groups is 2. The van der Waals surface area contributed by atoms with E-state index in [2.05, 4.69) is 0 Å². The average Bonchev–Trinajstić information content (AvgIpc) is 2.12. The van der Waals surface area contributed by atoms with Crippen LogP contribution in [0.3, 0.4) is 0 Å². The van der Waals surface area contributed by atoms with E-state index in [0.717, 1.165) is 0 Å². The molecule has 4 heteroatoms. The average molecular weight is 188 g/mol. The van der Waals surface area contributed by atoms with Crippen molar-refractivity contribution in [3.05, 3.63) is 0 Å². The molecule has 0 fully saturated rings. The van der Waals surface area contributed by atoms with Crippen LogP contribution < -0.4 is 0 Å². The monoisotopic (exact) mass is 188 g/mol. The van der Waals surface area contributed by atoms with Gasteiger partial charge in [0.25, 0.3) is 0 Å². The van der Waals surface area contributed by atoms with E-state index in [1.54, 1.807) is 6.92 Å². The first-order valence-electron chi connectivity index (χ1n) is 4.29. The molecule has 0 aromatic carbocycles. The quantitative estimate of drug-likeness (QED) is 0.630. The van der Waals surface area contributed by atoms with Crippen molar-refractivity contribution >= 4 is 12.3 Å². The molecule has 3 unspecified atom stereocenters. The van der Waals surface area contributed by atoms with Gasteiger partial charge in [-0.1, -0.05) is 13.8 Å². The molecule has 0 aliphatic carbocycles. The first-order chi connectivity index (χ1) is 6.08. The van der Waals surface area contributed by atoms with Gasteiger partial charge in [-0.25, -0.2) is 0 Å².